The van der Waals surface area contributed by atoms with E-state index in [0.29, 0.717) is 18.8 Å². The number of aliphatic hydroxyl groups is 14. The van der Waals surface area contributed by atoms with Crippen LogP contribution in [0.1, 0.15) is 247 Å². The van der Waals surface area contributed by atoms with E-state index in [9.17, 15) is 101 Å². The topological polar surface area (TPSA) is 499 Å². The van der Waals surface area contributed by atoms with Gasteiger partial charge in [-0.3, -0.25) is 19.2 Å². The summed E-state index contributed by atoms with van der Waals surface area (Å²) in [6, 6.07) is -3.01. The van der Waals surface area contributed by atoms with Gasteiger partial charge in [0.2, 0.25) is 23.5 Å². The number of hydrogen-bond acceptors (Lipinski definition) is 27. The van der Waals surface area contributed by atoms with Crippen LogP contribution in [0.4, 0.5) is 0 Å². The zero-order valence-electron chi connectivity index (χ0n) is 63.0. The zero-order chi connectivity index (χ0) is 77.9. The van der Waals surface area contributed by atoms with Crippen LogP contribution in [0.5, 0.6) is 0 Å². The van der Waals surface area contributed by atoms with E-state index >= 15 is 0 Å². The van der Waals surface area contributed by atoms with Gasteiger partial charge < -0.3 is 130 Å². The predicted octanol–water partition coefficient (Wildman–Crippen LogP) is 2.22. The van der Waals surface area contributed by atoms with Gasteiger partial charge in [0.05, 0.1) is 56.8 Å². The molecule has 0 bridgehead atoms. The highest BCUT2D eigenvalue weighted by Crippen LogP contribution is 2.46. The van der Waals surface area contributed by atoms with Gasteiger partial charge >= 0.3 is 5.97 Å². The molecule has 4 aliphatic rings. The largest absolute Gasteiger partial charge is 0.477 e. The Hall–Kier alpha value is -3.59. The number of amides is 3. The molecular weight excluding hydrogens is 1380 g/mol. The highest BCUT2D eigenvalue weighted by atomic mass is 16.8. The fourth-order valence-electron chi connectivity index (χ4n) is 13.9. The molecule has 4 rings (SSSR count). The van der Waals surface area contributed by atoms with Crippen molar-refractivity contribution in [3.05, 3.63) is 12.2 Å². The van der Waals surface area contributed by atoms with Crippen LogP contribution < -0.4 is 16.0 Å². The maximum Gasteiger partial charge on any atom is 0.364 e. The molecule has 18 N–H and O–H groups in total. The van der Waals surface area contributed by atoms with Gasteiger partial charge in [0.25, 0.3) is 5.79 Å². The molecule has 105 heavy (non-hydrogen) atoms. The Bertz CT molecular complexity index is 2500. The predicted molar refractivity (Wildman–Crippen MR) is 380 cm³/mol. The van der Waals surface area contributed by atoms with E-state index in [0.717, 1.165) is 78.1 Å². The molecule has 4 fully saturated rings. The number of nitrogens with one attached hydrogen (secondary N) is 3. The fraction of sp³-hybridized carbons (Fsp3) is 0.905. The van der Waals surface area contributed by atoms with Gasteiger partial charge in [-0.1, -0.05) is 193 Å². The number of hydrogen-bond donors (Lipinski definition) is 18. The summed E-state index contributed by atoms with van der Waals surface area (Å²) in [6.45, 7) is 4.71. The summed E-state index contributed by atoms with van der Waals surface area (Å²) in [5.74, 6) is -11.1. The smallest absolute Gasteiger partial charge is 0.364 e. The molecule has 612 valence electrons. The van der Waals surface area contributed by atoms with Crippen LogP contribution in [0.25, 0.3) is 0 Å². The first-order valence-electron chi connectivity index (χ1n) is 38.9. The standard InChI is InChI=1S/C74H133N3O28/c1-7-9-10-11-12-13-14-15-16-17-18-19-20-21-22-23-28-31-34-37-56(86)75-50(51(82)36-33-30-27-25-24-26-29-32-35-46(3)8-2)43-98-70-66(95)64(93)62(91)55(102-70)44-100-73(71(96)97)39-38-72(77-49(6)81,68(104-73)61(90)54(85)42-79)105-74(48(5)80)40-52(83)58(67(103-74)60(89)53(84)41-78)76-57(87)45-99-69-65(94)63(92)59(88)47(4)101-69/h33,36,46-47,50-55,58-70,78-79,82-85,88-95H,7-32,34-35,37-45H2,1-6H3,(H,75,86)(H,76,87)(H,77,81)(H,96,97)/b36-33+/t46?,47?,50?,51-,52?,53?,54?,55?,58-,59-,60?,61?,62-,63?,64-,65?,66?,67?,68?,69-,70-,72+,73-,74?/m1/s1. The summed E-state index contributed by atoms with van der Waals surface area (Å²) < 4.78 is 47.0. The molecule has 24 atom stereocenters. The van der Waals surface area contributed by atoms with E-state index in [-0.39, 0.29) is 12.3 Å². The van der Waals surface area contributed by atoms with Crippen LogP contribution >= 0.6 is 0 Å². The SMILES string of the molecule is CCCCCCCCCCCCCCCCCCCCCC(=O)NC(CO[C@@H]1OC(CO[C@]2(C(=O)O)CC[C@](NC(C)=O)(OC3(C(C)=O)CC(O)[C@@H](NC(=O)CO[C@@H]4OC(C)[C@@H](O)C(O)C4O)C(C(O)C(O)CO)O3)C(C(O)C(O)CO)O2)[C@@H](O)[C@@H](O)C1O)[C@H](O)/C=C/CCCCCCCCC(C)CC. The molecule has 0 spiro atoms. The van der Waals surface area contributed by atoms with Crippen LogP contribution in [-0.2, 0) is 61.9 Å². The van der Waals surface area contributed by atoms with Crippen LogP contribution in [0, 0.1) is 5.92 Å². The van der Waals surface area contributed by atoms with E-state index < -0.39 is 215 Å². The van der Waals surface area contributed by atoms with Crippen LogP contribution in [0.2, 0.25) is 0 Å². The second kappa shape index (κ2) is 48.9. The number of ketones is 1. The number of carbonyl (C=O) groups excluding carboxylic acids is 4. The first-order valence-corrected chi connectivity index (χ1v) is 38.9. The van der Waals surface area contributed by atoms with Crippen molar-refractivity contribution in [3.8, 4) is 0 Å². The summed E-state index contributed by atoms with van der Waals surface area (Å²) in [5.41, 5.74) is -2.83. The lowest BCUT2D eigenvalue weighted by molar-refractivity contribution is -0.394. The summed E-state index contributed by atoms with van der Waals surface area (Å²) in [6.07, 6.45) is -2.60. The van der Waals surface area contributed by atoms with Gasteiger partial charge in [-0.25, -0.2) is 4.79 Å². The fourth-order valence-corrected chi connectivity index (χ4v) is 13.9. The lowest BCUT2D eigenvalue weighted by Crippen LogP contribution is -2.75. The Morgan fingerprint density at radius 1 is 0.600 bits per heavy atom. The first kappa shape index (κ1) is 93.8. The molecule has 4 saturated heterocycles. The summed E-state index contributed by atoms with van der Waals surface area (Å²) in [5, 5.41) is 172. The van der Waals surface area contributed by atoms with Crippen molar-refractivity contribution in [1.82, 2.24) is 16.0 Å². The number of Topliss-reactive ketones (excluding diaryl/α,β-unsaturated/α-hetero) is 1. The first-order chi connectivity index (χ1) is 50.0. The van der Waals surface area contributed by atoms with Crippen molar-refractivity contribution in [2.45, 2.75) is 387 Å². The number of aliphatic carboxylic acids is 1. The van der Waals surface area contributed by atoms with Crippen molar-refractivity contribution >= 4 is 29.5 Å². The highest BCUT2D eigenvalue weighted by Gasteiger charge is 2.65. The number of aliphatic hydroxyl groups excluding tert-OH is 14. The van der Waals surface area contributed by atoms with Gasteiger partial charge in [-0.15, -0.1) is 0 Å². The number of carboxylic acid groups (broad SMARTS) is 1. The number of ether oxygens (including phenoxy) is 8. The number of allylic oxidation sites excluding steroid dienone is 1. The van der Waals surface area contributed by atoms with Gasteiger partial charge in [-0.2, -0.15) is 0 Å². The molecule has 4 heterocycles. The average molecular weight is 1510 g/mol. The highest BCUT2D eigenvalue weighted by molar-refractivity contribution is 5.84. The Labute approximate surface area is 619 Å². The van der Waals surface area contributed by atoms with Crippen molar-refractivity contribution in [1.29, 1.82) is 0 Å². The Morgan fingerprint density at radius 2 is 1.12 bits per heavy atom. The van der Waals surface area contributed by atoms with Gasteiger partial charge in [0.1, 0.15) is 86.0 Å². The Morgan fingerprint density at radius 3 is 1.66 bits per heavy atom. The van der Waals surface area contributed by atoms with Crippen LogP contribution in [0.15, 0.2) is 12.2 Å². The van der Waals surface area contributed by atoms with Crippen molar-refractivity contribution in [3.63, 3.8) is 0 Å². The van der Waals surface area contributed by atoms with Crippen LogP contribution in [0.3, 0.4) is 0 Å². The van der Waals surface area contributed by atoms with E-state index in [1.807, 2.05) is 6.08 Å². The summed E-state index contributed by atoms with van der Waals surface area (Å²) in [4.78, 5) is 68.1. The maximum absolute atomic E-state index is 14.1. The van der Waals surface area contributed by atoms with Gasteiger partial charge in [0, 0.05) is 39.5 Å². The molecule has 3 amide bonds. The third kappa shape index (κ3) is 30.2. The van der Waals surface area contributed by atoms with Crippen molar-refractivity contribution in [2.75, 3.05) is 33.0 Å². The minimum absolute atomic E-state index is 0.139. The molecule has 0 aromatic heterocycles. The molecule has 31 heteroatoms. The minimum atomic E-state index is -3.07. The molecule has 0 radical (unpaired) electrons. The van der Waals surface area contributed by atoms with Crippen LogP contribution in [-0.4, -0.2) is 279 Å². The quantitative estimate of drug-likeness (QED) is 0.0236. The second-order valence-corrected chi connectivity index (χ2v) is 29.6. The van der Waals surface area contributed by atoms with Crippen molar-refractivity contribution in [2.24, 2.45) is 5.92 Å². The summed E-state index contributed by atoms with van der Waals surface area (Å²) >= 11 is 0. The third-order valence-corrected chi connectivity index (χ3v) is 20.8. The molecule has 0 aliphatic carbocycles. The second-order valence-electron chi connectivity index (χ2n) is 29.6. The normalized spacial score (nSPS) is 31.5. The van der Waals surface area contributed by atoms with Gasteiger partial charge in [0.15, 0.2) is 24.1 Å². The monoisotopic (exact) mass is 1510 g/mol. The molecule has 15 unspecified atom stereocenters. The van der Waals surface area contributed by atoms with E-state index in [1.54, 1.807) is 0 Å². The summed E-state index contributed by atoms with van der Waals surface area (Å²) in [7, 11) is 0. The maximum atomic E-state index is 14.1. The van der Waals surface area contributed by atoms with Gasteiger partial charge in [-0.05, 0) is 32.1 Å². The number of carbonyl (C=O) groups is 5. The zero-order valence-corrected chi connectivity index (χ0v) is 63.0. The molecule has 31 nitrogen and oxygen atoms in total. The lowest BCUT2D eigenvalue weighted by Gasteiger charge is -2.55. The molecule has 0 saturated carbocycles. The van der Waals surface area contributed by atoms with E-state index in [4.69, 9.17) is 37.9 Å². The minimum Gasteiger partial charge on any atom is -0.477 e. The van der Waals surface area contributed by atoms with E-state index in [1.165, 1.54) is 116 Å². The van der Waals surface area contributed by atoms with E-state index in [2.05, 4.69) is 36.7 Å². The lowest BCUT2D eigenvalue weighted by atomic mass is 9.84. The number of unbranched alkanes of at least 4 members (excludes halogenated alkanes) is 24. The molecule has 0 aromatic carbocycles. The van der Waals surface area contributed by atoms with Crippen molar-refractivity contribution < 1.29 is 138 Å². The molecular formula is C74H133N3O28. The molecule has 0 aromatic rings. The molecule has 4 aliphatic heterocycles. The number of carboxylic acids is 1. The third-order valence-electron chi connectivity index (χ3n) is 20.8. The number of rotatable bonds is 54. The Kier molecular flexibility index (Phi) is 43.7. The average Bonchev–Trinajstić information content (AvgIpc) is 0.740. The Balaban J connectivity index is 1.49.